The van der Waals surface area contributed by atoms with Gasteiger partial charge in [-0.3, -0.25) is 9.78 Å². The van der Waals surface area contributed by atoms with Crippen molar-refractivity contribution in [2.75, 3.05) is 37.4 Å². The molecule has 1 aliphatic heterocycles. The van der Waals surface area contributed by atoms with Crippen molar-refractivity contribution in [2.45, 2.75) is 25.0 Å². The third-order valence-electron chi connectivity index (χ3n) is 5.94. The van der Waals surface area contributed by atoms with Crippen molar-refractivity contribution < 1.29 is 9.90 Å². The fraction of sp³-hybridized carbons (Fsp3) is 0.476. The molecule has 1 aromatic heterocycles. The van der Waals surface area contributed by atoms with Crippen LogP contribution in [0.1, 0.15) is 23.2 Å². The number of nitrogens with one attached hydrogen (secondary N) is 1. The summed E-state index contributed by atoms with van der Waals surface area (Å²) < 4.78 is 0. The molecule has 0 radical (unpaired) electrons. The zero-order chi connectivity index (χ0) is 19.7. The third-order valence-corrected chi connectivity index (χ3v) is 5.94. The van der Waals surface area contributed by atoms with Crippen LogP contribution >= 0.6 is 0 Å². The van der Waals surface area contributed by atoms with Crippen LogP contribution in [0.3, 0.4) is 0 Å². The number of benzene rings is 1. The summed E-state index contributed by atoms with van der Waals surface area (Å²) in [6.07, 6.45) is 6.01. The molecule has 2 aromatic rings. The van der Waals surface area contributed by atoms with E-state index in [2.05, 4.69) is 15.3 Å². The van der Waals surface area contributed by atoms with Gasteiger partial charge in [0.25, 0.3) is 5.91 Å². The molecule has 1 saturated carbocycles. The van der Waals surface area contributed by atoms with Gasteiger partial charge in [0.15, 0.2) is 0 Å². The first-order valence-corrected chi connectivity index (χ1v) is 9.78. The van der Waals surface area contributed by atoms with E-state index in [-0.39, 0.29) is 11.9 Å². The number of carbonyl (C=O) groups excluding carboxylic acids is 1. The zero-order valence-corrected chi connectivity index (χ0v) is 16.3. The molecule has 0 spiro atoms. The highest BCUT2D eigenvalue weighted by Gasteiger charge is 2.43. The lowest BCUT2D eigenvalue weighted by molar-refractivity contribution is 0.0727. The third kappa shape index (κ3) is 3.80. The molecule has 0 unspecified atom stereocenters. The van der Waals surface area contributed by atoms with Crippen molar-refractivity contribution in [1.82, 2.24) is 14.9 Å². The van der Waals surface area contributed by atoms with Gasteiger partial charge >= 0.3 is 0 Å². The van der Waals surface area contributed by atoms with Crippen LogP contribution < -0.4 is 10.2 Å². The number of rotatable bonds is 4. The van der Waals surface area contributed by atoms with E-state index in [0.717, 1.165) is 24.2 Å². The van der Waals surface area contributed by atoms with Crippen LogP contribution in [0.5, 0.6) is 0 Å². The molecular weight excluding hydrogens is 354 g/mol. The van der Waals surface area contributed by atoms with E-state index < -0.39 is 6.10 Å². The van der Waals surface area contributed by atoms with E-state index in [4.69, 9.17) is 0 Å². The number of fused-ring (bicyclic) bond motifs is 1. The first kappa shape index (κ1) is 18.7. The fourth-order valence-corrected chi connectivity index (χ4v) is 4.41. The first-order chi connectivity index (χ1) is 13.5. The summed E-state index contributed by atoms with van der Waals surface area (Å²) in [5.41, 5.74) is 1.74. The Balaban J connectivity index is 1.43. The summed E-state index contributed by atoms with van der Waals surface area (Å²) >= 11 is 0. The minimum Gasteiger partial charge on any atom is -0.391 e. The van der Waals surface area contributed by atoms with E-state index in [9.17, 15) is 9.90 Å². The molecule has 2 aliphatic rings. The molecule has 1 aliphatic carbocycles. The van der Waals surface area contributed by atoms with Gasteiger partial charge in [-0.05, 0) is 42.9 Å². The lowest BCUT2D eigenvalue weighted by atomic mass is 9.77. The summed E-state index contributed by atoms with van der Waals surface area (Å²) in [7, 11) is 3.94. The van der Waals surface area contributed by atoms with Gasteiger partial charge in [0.1, 0.15) is 5.82 Å². The maximum atomic E-state index is 13.0. The average molecular weight is 381 g/mol. The van der Waals surface area contributed by atoms with Crippen molar-refractivity contribution in [3.05, 3.63) is 48.4 Å². The molecule has 1 aromatic carbocycles. The number of anilines is 2. The normalized spacial score (nSPS) is 26.6. The quantitative estimate of drug-likeness (QED) is 0.841. The number of carbonyl (C=O) groups is 1. The molecule has 7 nitrogen and oxygen atoms in total. The van der Waals surface area contributed by atoms with E-state index in [1.807, 2.05) is 48.2 Å². The maximum absolute atomic E-state index is 13.0. The van der Waals surface area contributed by atoms with Crippen molar-refractivity contribution >= 4 is 17.4 Å². The monoisotopic (exact) mass is 381 g/mol. The van der Waals surface area contributed by atoms with Crippen molar-refractivity contribution in [3.63, 3.8) is 0 Å². The molecule has 4 rings (SSSR count). The molecule has 4 atom stereocenters. The predicted octanol–water partition coefficient (Wildman–Crippen LogP) is 1.87. The second-order valence-corrected chi connectivity index (χ2v) is 8.06. The summed E-state index contributed by atoms with van der Waals surface area (Å²) in [6, 6.07) is 7.68. The van der Waals surface area contributed by atoms with Crippen LogP contribution in [0.15, 0.2) is 42.9 Å². The van der Waals surface area contributed by atoms with Crippen LogP contribution in [0.4, 0.5) is 11.5 Å². The van der Waals surface area contributed by atoms with Crippen molar-refractivity contribution in [1.29, 1.82) is 0 Å². The Kier molecular flexibility index (Phi) is 5.17. The average Bonchev–Trinajstić information content (AvgIpc) is 3.11. The van der Waals surface area contributed by atoms with E-state index >= 15 is 0 Å². The molecule has 2 heterocycles. The Bertz CT molecular complexity index is 829. The largest absolute Gasteiger partial charge is 0.391 e. The number of hydrogen-bond donors (Lipinski definition) is 2. The fourth-order valence-electron chi connectivity index (χ4n) is 4.41. The molecule has 0 bridgehead atoms. The standard InChI is InChI=1S/C21H27N5O2/c1-25(2)17-5-3-4-14(8-17)21(28)26-12-15-9-18(19(27)10-16(15)13-26)24-20-11-22-6-7-23-20/h3-8,11,15-16,18-19,27H,9-10,12-13H2,1-2H3,(H,23,24)/t15-,16+,18-,19-/m1/s1. The number of likely N-dealkylation sites (tertiary alicyclic amines) is 1. The molecule has 1 saturated heterocycles. The lowest BCUT2D eigenvalue weighted by Crippen LogP contribution is -2.43. The van der Waals surface area contributed by atoms with Gasteiger partial charge in [-0.2, -0.15) is 0 Å². The Morgan fingerprint density at radius 3 is 2.71 bits per heavy atom. The van der Waals surface area contributed by atoms with Gasteiger partial charge in [0, 0.05) is 50.8 Å². The van der Waals surface area contributed by atoms with Gasteiger partial charge < -0.3 is 20.2 Å². The minimum absolute atomic E-state index is 0.0647. The molecule has 28 heavy (non-hydrogen) atoms. The number of aliphatic hydroxyl groups excluding tert-OH is 1. The van der Waals surface area contributed by atoms with Crippen LogP contribution in [-0.2, 0) is 0 Å². The van der Waals surface area contributed by atoms with Crippen LogP contribution in [-0.4, -0.2) is 65.2 Å². The first-order valence-electron chi connectivity index (χ1n) is 9.78. The van der Waals surface area contributed by atoms with Gasteiger partial charge in [-0.1, -0.05) is 6.07 Å². The molecule has 148 valence electrons. The van der Waals surface area contributed by atoms with Crippen LogP contribution in [0.25, 0.3) is 0 Å². The number of aliphatic hydroxyl groups is 1. The van der Waals surface area contributed by atoms with Gasteiger partial charge in [0.2, 0.25) is 0 Å². The highest BCUT2D eigenvalue weighted by molar-refractivity contribution is 5.95. The number of amides is 1. The summed E-state index contributed by atoms with van der Waals surface area (Å²) in [4.78, 5) is 25.3. The summed E-state index contributed by atoms with van der Waals surface area (Å²) in [5, 5.41) is 13.9. The Morgan fingerprint density at radius 2 is 2.00 bits per heavy atom. The maximum Gasteiger partial charge on any atom is 0.253 e. The highest BCUT2D eigenvalue weighted by Crippen LogP contribution is 2.38. The summed E-state index contributed by atoms with van der Waals surface area (Å²) in [5.74, 6) is 1.48. The molecule has 2 fully saturated rings. The van der Waals surface area contributed by atoms with E-state index in [1.54, 1.807) is 18.6 Å². The van der Waals surface area contributed by atoms with Crippen molar-refractivity contribution in [3.8, 4) is 0 Å². The molecule has 1 amide bonds. The Hall–Kier alpha value is -2.67. The van der Waals surface area contributed by atoms with Crippen LogP contribution in [0, 0.1) is 11.8 Å². The van der Waals surface area contributed by atoms with Crippen molar-refractivity contribution in [2.24, 2.45) is 11.8 Å². The number of nitrogens with zero attached hydrogens (tertiary/aromatic N) is 4. The predicted molar refractivity (Wildman–Crippen MR) is 108 cm³/mol. The topological polar surface area (TPSA) is 81.6 Å². The smallest absolute Gasteiger partial charge is 0.253 e. The SMILES string of the molecule is CN(C)c1cccc(C(=O)N2C[C@H]3C[C@@H](Nc4cnccn4)[C@H](O)C[C@H]3C2)c1. The number of aromatic nitrogens is 2. The second-order valence-electron chi connectivity index (χ2n) is 8.06. The lowest BCUT2D eigenvalue weighted by Gasteiger charge is -2.35. The van der Waals surface area contributed by atoms with E-state index in [1.165, 1.54) is 0 Å². The van der Waals surface area contributed by atoms with Gasteiger partial charge in [0.05, 0.1) is 18.3 Å². The molecule has 2 N–H and O–H groups in total. The summed E-state index contributed by atoms with van der Waals surface area (Å²) in [6.45, 7) is 1.45. The molecule has 7 heteroatoms. The van der Waals surface area contributed by atoms with Crippen LogP contribution in [0.2, 0.25) is 0 Å². The second kappa shape index (κ2) is 7.75. The van der Waals surface area contributed by atoms with E-state index in [0.29, 0.717) is 30.6 Å². The van der Waals surface area contributed by atoms with Gasteiger partial charge in [-0.15, -0.1) is 0 Å². The zero-order valence-electron chi connectivity index (χ0n) is 16.3. The minimum atomic E-state index is -0.449. The molecular formula is C21H27N5O2. The highest BCUT2D eigenvalue weighted by atomic mass is 16.3. The Morgan fingerprint density at radius 1 is 1.21 bits per heavy atom. The number of hydrogen-bond acceptors (Lipinski definition) is 6. The van der Waals surface area contributed by atoms with Gasteiger partial charge in [-0.25, -0.2) is 4.98 Å². The Labute approximate surface area is 165 Å².